The van der Waals surface area contributed by atoms with E-state index in [2.05, 4.69) is 19.2 Å². The second-order valence-electron chi connectivity index (χ2n) is 7.43. The molecule has 0 saturated heterocycles. The number of benzene rings is 2. The number of rotatable bonds is 7. The highest BCUT2D eigenvalue weighted by Gasteiger charge is 2.18. The third-order valence-electron chi connectivity index (χ3n) is 4.80. The fraction of sp³-hybridized carbons (Fsp3) is 0.333. The van der Waals surface area contributed by atoms with E-state index in [1.54, 1.807) is 18.2 Å². The van der Waals surface area contributed by atoms with E-state index in [1.807, 2.05) is 25.1 Å². The van der Waals surface area contributed by atoms with Gasteiger partial charge in [-0.1, -0.05) is 32.0 Å². The van der Waals surface area contributed by atoms with Crippen LogP contribution in [-0.2, 0) is 14.3 Å². The summed E-state index contributed by atoms with van der Waals surface area (Å²) in [7, 11) is 1.53. The van der Waals surface area contributed by atoms with E-state index in [0.29, 0.717) is 36.0 Å². The molecule has 31 heavy (non-hydrogen) atoms. The molecule has 3 rings (SSSR count). The Bertz CT molecular complexity index is 979. The minimum Gasteiger partial charge on any atom is -0.493 e. The van der Waals surface area contributed by atoms with Gasteiger partial charge in [-0.05, 0) is 47.7 Å². The van der Waals surface area contributed by atoms with Gasteiger partial charge in [-0.2, -0.15) is 0 Å². The second kappa shape index (κ2) is 10.0. The molecule has 0 saturated carbocycles. The highest BCUT2D eigenvalue weighted by Crippen LogP contribution is 2.40. The van der Waals surface area contributed by atoms with Crippen molar-refractivity contribution in [2.75, 3.05) is 32.2 Å². The number of ether oxygens (including phenoxy) is 4. The van der Waals surface area contributed by atoms with E-state index in [9.17, 15) is 9.59 Å². The lowest BCUT2D eigenvalue weighted by molar-refractivity contribution is -0.142. The Morgan fingerprint density at radius 2 is 1.97 bits per heavy atom. The molecule has 0 spiro atoms. The molecule has 0 unspecified atom stereocenters. The van der Waals surface area contributed by atoms with Gasteiger partial charge in [0, 0.05) is 11.8 Å². The van der Waals surface area contributed by atoms with Crippen LogP contribution < -0.4 is 19.5 Å². The Kier molecular flexibility index (Phi) is 7.18. The van der Waals surface area contributed by atoms with Crippen molar-refractivity contribution in [3.63, 3.8) is 0 Å². The first-order valence-corrected chi connectivity index (χ1v) is 10.1. The van der Waals surface area contributed by atoms with Gasteiger partial charge in [0.15, 0.2) is 18.1 Å². The molecule has 0 radical (unpaired) electrons. The fourth-order valence-electron chi connectivity index (χ4n) is 3.26. The maximum atomic E-state index is 12.3. The summed E-state index contributed by atoms with van der Waals surface area (Å²) < 4.78 is 21.5. The van der Waals surface area contributed by atoms with Crippen LogP contribution in [0.5, 0.6) is 17.2 Å². The molecule has 1 N–H and O–H groups in total. The van der Waals surface area contributed by atoms with Crippen LogP contribution >= 0.6 is 0 Å². The maximum absolute atomic E-state index is 12.3. The van der Waals surface area contributed by atoms with Crippen molar-refractivity contribution < 1.29 is 28.5 Å². The number of amides is 1. The number of esters is 1. The first-order valence-electron chi connectivity index (χ1n) is 10.1. The molecule has 0 atom stereocenters. The molecule has 7 nitrogen and oxygen atoms in total. The van der Waals surface area contributed by atoms with Crippen LogP contribution in [0, 0.1) is 6.92 Å². The summed E-state index contributed by atoms with van der Waals surface area (Å²) in [6, 6.07) is 9.34. The number of anilines is 1. The number of fused-ring (bicyclic) bond motifs is 1. The molecule has 2 aromatic carbocycles. The third kappa shape index (κ3) is 5.57. The zero-order valence-corrected chi connectivity index (χ0v) is 18.2. The highest BCUT2D eigenvalue weighted by molar-refractivity contribution is 5.95. The quantitative estimate of drug-likeness (QED) is 0.531. The number of nitrogens with one attached hydrogen (secondary N) is 1. The van der Waals surface area contributed by atoms with E-state index < -0.39 is 5.97 Å². The molecule has 0 aliphatic carbocycles. The van der Waals surface area contributed by atoms with Gasteiger partial charge >= 0.3 is 5.97 Å². The molecule has 1 amide bonds. The van der Waals surface area contributed by atoms with E-state index in [0.717, 1.165) is 16.8 Å². The highest BCUT2D eigenvalue weighted by atomic mass is 16.6. The van der Waals surface area contributed by atoms with Crippen molar-refractivity contribution in [1.29, 1.82) is 0 Å². The average Bonchev–Trinajstić information content (AvgIpc) is 2.76. The van der Waals surface area contributed by atoms with Gasteiger partial charge < -0.3 is 24.3 Å². The number of carbonyl (C=O) groups excluding carboxylic acids is 2. The summed E-state index contributed by atoms with van der Waals surface area (Å²) in [5, 5.41) is 2.85. The minimum absolute atomic E-state index is 0.253. The molecule has 0 bridgehead atoms. The van der Waals surface area contributed by atoms with Gasteiger partial charge in [-0.15, -0.1) is 0 Å². The van der Waals surface area contributed by atoms with Gasteiger partial charge in [-0.3, -0.25) is 4.79 Å². The smallest absolute Gasteiger partial charge is 0.331 e. The molecule has 0 fully saturated rings. The van der Waals surface area contributed by atoms with Crippen molar-refractivity contribution in [3.8, 4) is 17.2 Å². The zero-order valence-electron chi connectivity index (χ0n) is 18.2. The Balaban J connectivity index is 1.60. The lowest BCUT2D eigenvalue weighted by Crippen LogP contribution is -2.21. The summed E-state index contributed by atoms with van der Waals surface area (Å²) in [5.41, 5.74) is 3.44. The van der Waals surface area contributed by atoms with Gasteiger partial charge in [0.2, 0.25) is 5.75 Å². The molecular formula is C24H27NO6. The van der Waals surface area contributed by atoms with Gasteiger partial charge in [-0.25, -0.2) is 4.79 Å². The predicted octanol–water partition coefficient (Wildman–Crippen LogP) is 4.09. The summed E-state index contributed by atoms with van der Waals surface area (Å²) in [5.74, 6) is 0.851. The van der Waals surface area contributed by atoms with E-state index in [4.69, 9.17) is 18.9 Å². The molecule has 1 aliphatic rings. The lowest BCUT2D eigenvalue weighted by atomic mass is 9.98. The predicted molar refractivity (Wildman–Crippen MR) is 118 cm³/mol. The van der Waals surface area contributed by atoms with Gasteiger partial charge in [0.1, 0.15) is 13.2 Å². The van der Waals surface area contributed by atoms with E-state index in [-0.39, 0.29) is 18.4 Å². The van der Waals surface area contributed by atoms with Crippen molar-refractivity contribution >= 4 is 23.6 Å². The number of hydrogen-bond acceptors (Lipinski definition) is 6. The first kappa shape index (κ1) is 22.2. The molecule has 0 aromatic heterocycles. The number of methoxy groups -OCH3 is 1. The van der Waals surface area contributed by atoms with Gasteiger partial charge in [0.05, 0.1) is 7.11 Å². The standard InChI is InChI=1S/C24H27NO6/c1-15(2)18-7-5-6-16(3)23(18)25-21(26)14-31-22(27)9-8-17-12-19(28-4)24-20(13-17)29-10-11-30-24/h5-9,12-13,15H,10-11,14H2,1-4H3,(H,25,26)/b9-8+. The Morgan fingerprint density at radius 3 is 2.71 bits per heavy atom. The summed E-state index contributed by atoms with van der Waals surface area (Å²) in [6.07, 6.45) is 2.82. The Morgan fingerprint density at radius 1 is 1.19 bits per heavy atom. The molecule has 2 aromatic rings. The minimum atomic E-state index is -0.627. The Hall–Kier alpha value is -3.48. The number of hydrogen-bond donors (Lipinski definition) is 1. The molecule has 1 aliphatic heterocycles. The van der Waals surface area contributed by atoms with Crippen LogP contribution in [0.15, 0.2) is 36.4 Å². The van der Waals surface area contributed by atoms with Crippen molar-refractivity contribution in [2.45, 2.75) is 26.7 Å². The van der Waals surface area contributed by atoms with E-state index in [1.165, 1.54) is 13.2 Å². The number of carbonyl (C=O) groups is 2. The van der Waals surface area contributed by atoms with Crippen molar-refractivity contribution in [1.82, 2.24) is 0 Å². The van der Waals surface area contributed by atoms with Crippen LogP contribution in [0.4, 0.5) is 5.69 Å². The topological polar surface area (TPSA) is 83.1 Å². The summed E-state index contributed by atoms with van der Waals surface area (Å²) >= 11 is 0. The van der Waals surface area contributed by atoms with Crippen LogP contribution in [0.2, 0.25) is 0 Å². The van der Waals surface area contributed by atoms with Crippen LogP contribution in [0.25, 0.3) is 6.08 Å². The van der Waals surface area contributed by atoms with Gasteiger partial charge in [0.25, 0.3) is 5.91 Å². The SMILES string of the molecule is COc1cc(/C=C/C(=O)OCC(=O)Nc2c(C)cccc2C(C)C)cc2c1OCCO2. The number of para-hydroxylation sites is 1. The maximum Gasteiger partial charge on any atom is 0.331 e. The average molecular weight is 425 g/mol. The van der Waals surface area contributed by atoms with E-state index >= 15 is 0 Å². The monoisotopic (exact) mass is 425 g/mol. The molecule has 164 valence electrons. The third-order valence-corrected chi connectivity index (χ3v) is 4.80. The Labute approximate surface area is 181 Å². The summed E-state index contributed by atoms with van der Waals surface area (Å²) in [6.45, 7) is 6.57. The normalized spacial score (nSPS) is 12.7. The molecule has 7 heteroatoms. The summed E-state index contributed by atoms with van der Waals surface area (Å²) in [4.78, 5) is 24.4. The van der Waals surface area contributed by atoms with Crippen molar-refractivity contribution in [2.24, 2.45) is 0 Å². The second-order valence-corrected chi connectivity index (χ2v) is 7.43. The van der Waals surface area contributed by atoms with Crippen LogP contribution in [0.3, 0.4) is 0 Å². The zero-order chi connectivity index (χ0) is 22.4. The molecular weight excluding hydrogens is 398 g/mol. The largest absolute Gasteiger partial charge is 0.493 e. The number of aryl methyl sites for hydroxylation is 1. The first-order chi connectivity index (χ1) is 14.9. The fourth-order valence-corrected chi connectivity index (χ4v) is 3.26. The van der Waals surface area contributed by atoms with Crippen LogP contribution in [-0.4, -0.2) is 38.8 Å². The lowest BCUT2D eigenvalue weighted by Gasteiger charge is -2.20. The van der Waals surface area contributed by atoms with Crippen LogP contribution in [0.1, 0.15) is 36.5 Å². The molecule has 1 heterocycles. The van der Waals surface area contributed by atoms with Crippen molar-refractivity contribution in [3.05, 3.63) is 53.1 Å².